The van der Waals surface area contributed by atoms with Crippen LogP contribution in [0.25, 0.3) is 11.3 Å². The third kappa shape index (κ3) is 3.91. The summed E-state index contributed by atoms with van der Waals surface area (Å²) in [5.41, 5.74) is 3.22. The molecule has 0 bridgehead atoms. The Morgan fingerprint density at radius 1 is 1.17 bits per heavy atom. The summed E-state index contributed by atoms with van der Waals surface area (Å²) < 4.78 is 42.6. The first kappa shape index (κ1) is 16.9. The molecule has 0 unspecified atom stereocenters. The Morgan fingerprint density at radius 2 is 1.88 bits per heavy atom. The lowest BCUT2D eigenvalue weighted by Gasteiger charge is -2.15. The number of hydrogen-bond donors (Lipinski definition) is 1. The van der Waals surface area contributed by atoms with Crippen LogP contribution in [0.2, 0.25) is 0 Å². The van der Waals surface area contributed by atoms with Gasteiger partial charge in [-0.3, -0.25) is 5.10 Å². The first-order valence-electron chi connectivity index (χ1n) is 8.03. The highest BCUT2D eigenvalue weighted by atomic mass is 19.4. The zero-order valence-electron chi connectivity index (χ0n) is 14.0. The Bertz CT molecular complexity index is 725. The summed E-state index contributed by atoms with van der Waals surface area (Å²) in [7, 11) is 0. The van der Waals surface area contributed by atoms with Crippen molar-refractivity contribution < 1.29 is 17.9 Å². The fraction of sp³-hybridized carbons (Fsp3) is 0.500. The quantitative estimate of drug-likeness (QED) is 0.833. The van der Waals surface area contributed by atoms with Gasteiger partial charge in [-0.25, -0.2) is 0 Å². The van der Waals surface area contributed by atoms with Crippen molar-refractivity contribution in [1.82, 2.24) is 10.2 Å². The van der Waals surface area contributed by atoms with Gasteiger partial charge >= 0.3 is 6.18 Å². The topological polar surface area (TPSA) is 37.9 Å². The average molecular weight is 338 g/mol. The minimum Gasteiger partial charge on any atom is -0.484 e. The number of nitrogens with one attached hydrogen (secondary N) is 1. The Kier molecular flexibility index (Phi) is 4.10. The Morgan fingerprint density at radius 3 is 2.42 bits per heavy atom. The van der Waals surface area contributed by atoms with E-state index in [0.717, 1.165) is 29.7 Å². The summed E-state index contributed by atoms with van der Waals surface area (Å²) in [4.78, 5) is 0. The third-order valence-electron chi connectivity index (χ3n) is 4.10. The van der Waals surface area contributed by atoms with Crippen molar-refractivity contribution in [3.8, 4) is 17.0 Å². The fourth-order valence-electron chi connectivity index (χ4n) is 2.56. The van der Waals surface area contributed by atoms with Crippen LogP contribution in [0.3, 0.4) is 0 Å². The van der Waals surface area contributed by atoms with Gasteiger partial charge < -0.3 is 4.74 Å². The van der Waals surface area contributed by atoms with Crippen LogP contribution in [0.4, 0.5) is 13.2 Å². The second-order valence-corrected chi connectivity index (χ2v) is 7.35. The minimum atomic E-state index is -4.34. The number of H-pyrrole nitrogens is 1. The number of aromatic amines is 1. The molecule has 24 heavy (non-hydrogen) atoms. The molecule has 130 valence electrons. The number of hydrogen-bond acceptors (Lipinski definition) is 2. The van der Waals surface area contributed by atoms with Crippen molar-refractivity contribution in [3.63, 3.8) is 0 Å². The highest BCUT2D eigenvalue weighted by Crippen LogP contribution is 2.45. The molecule has 1 aliphatic carbocycles. The second-order valence-electron chi connectivity index (χ2n) is 7.35. The predicted molar refractivity (Wildman–Crippen MR) is 86.2 cm³/mol. The molecule has 2 aromatic rings. The molecule has 1 fully saturated rings. The molecule has 3 nitrogen and oxygen atoms in total. The van der Waals surface area contributed by atoms with E-state index in [1.54, 1.807) is 6.07 Å². The van der Waals surface area contributed by atoms with Gasteiger partial charge in [0.1, 0.15) is 5.75 Å². The first-order valence-corrected chi connectivity index (χ1v) is 8.03. The molecule has 0 spiro atoms. The molecule has 1 saturated carbocycles. The maximum absolute atomic E-state index is 12.5. The molecule has 1 aliphatic rings. The SMILES string of the molecule is CC(C)(C)c1cc(-c2ccc(C3CC3)c(OCC(F)(F)F)c2)n[nH]1. The molecular formula is C18H21F3N2O. The van der Waals surface area contributed by atoms with Crippen molar-refractivity contribution in [2.24, 2.45) is 0 Å². The van der Waals surface area contributed by atoms with E-state index < -0.39 is 12.8 Å². The second kappa shape index (κ2) is 5.83. The number of nitrogens with zero attached hydrogens (tertiary/aromatic N) is 1. The van der Waals surface area contributed by atoms with E-state index in [4.69, 9.17) is 4.74 Å². The van der Waals surface area contributed by atoms with Gasteiger partial charge in [0.2, 0.25) is 0 Å². The highest BCUT2D eigenvalue weighted by Gasteiger charge is 2.31. The number of ether oxygens (including phenoxy) is 1. The predicted octanol–water partition coefficient (Wildman–Crippen LogP) is 5.19. The summed E-state index contributed by atoms with van der Waals surface area (Å²) in [6.45, 7) is 4.93. The van der Waals surface area contributed by atoms with Crippen molar-refractivity contribution in [2.45, 2.75) is 51.1 Å². The van der Waals surface area contributed by atoms with E-state index in [1.165, 1.54) is 0 Å². The van der Waals surface area contributed by atoms with Crippen molar-refractivity contribution in [2.75, 3.05) is 6.61 Å². The largest absolute Gasteiger partial charge is 0.484 e. The van der Waals surface area contributed by atoms with E-state index >= 15 is 0 Å². The van der Waals surface area contributed by atoms with Crippen LogP contribution in [-0.4, -0.2) is 23.0 Å². The zero-order chi connectivity index (χ0) is 17.5. The van der Waals surface area contributed by atoms with Crippen molar-refractivity contribution in [1.29, 1.82) is 0 Å². The highest BCUT2D eigenvalue weighted by molar-refractivity contribution is 5.63. The average Bonchev–Trinajstić information content (AvgIpc) is 3.18. The molecule has 0 atom stereocenters. The smallest absolute Gasteiger partial charge is 0.422 e. The molecule has 0 amide bonds. The van der Waals surface area contributed by atoms with Crippen LogP contribution in [0.5, 0.6) is 5.75 Å². The standard InChI is InChI=1S/C18H21F3N2O/c1-17(2,3)16-9-14(22-23-16)12-6-7-13(11-4-5-11)15(8-12)24-10-18(19,20)21/h6-9,11H,4-5,10H2,1-3H3,(H,22,23). The van der Waals surface area contributed by atoms with Crippen molar-refractivity contribution in [3.05, 3.63) is 35.5 Å². The van der Waals surface area contributed by atoms with Crippen LogP contribution in [0.15, 0.2) is 24.3 Å². The fourth-order valence-corrected chi connectivity index (χ4v) is 2.56. The van der Waals surface area contributed by atoms with E-state index in [-0.39, 0.29) is 5.41 Å². The number of alkyl halides is 3. The van der Waals surface area contributed by atoms with Gasteiger partial charge in [-0.2, -0.15) is 18.3 Å². The van der Waals surface area contributed by atoms with Gasteiger partial charge in [0.25, 0.3) is 0 Å². The van der Waals surface area contributed by atoms with Crippen molar-refractivity contribution >= 4 is 0 Å². The Labute approximate surface area is 139 Å². The lowest BCUT2D eigenvalue weighted by atomic mass is 9.92. The number of halogens is 3. The molecule has 1 heterocycles. The minimum absolute atomic E-state index is 0.0746. The summed E-state index contributed by atoms with van der Waals surface area (Å²) >= 11 is 0. The van der Waals surface area contributed by atoms with Gasteiger partial charge in [0.15, 0.2) is 6.61 Å². The molecule has 0 radical (unpaired) electrons. The molecule has 3 rings (SSSR count). The van der Waals surface area contributed by atoms with Crippen LogP contribution in [0.1, 0.15) is 50.8 Å². The van der Waals surface area contributed by atoms with Crippen LogP contribution in [0, 0.1) is 0 Å². The molecule has 0 aliphatic heterocycles. The lowest BCUT2D eigenvalue weighted by Crippen LogP contribution is -2.19. The van der Waals surface area contributed by atoms with Gasteiger partial charge in [0, 0.05) is 16.7 Å². The Balaban J connectivity index is 1.90. The van der Waals surface area contributed by atoms with Gasteiger partial charge in [-0.15, -0.1) is 0 Å². The molecule has 0 saturated heterocycles. The van der Waals surface area contributed by atoms with Crippen LogP contribution in [-0.2, 0) is 5.41 Å². The maximum atomic E-state index is 12.5. The van der Waals surface area contributed by atoms with Crippen LogP contribution < -0.4 is 4.74 Å². The van der Waals surface area contributed by atoms with Crippen LogP contribution >= 0.6 is 0 Å². The van der Waals surface area contributed by atoms with E-state index in [2.05, 4.69) is 31.0 Å². The third-order valence-corrected chi connectivity index (χ3v) is 4.10. The van der Waals surface area contributed by atoms with Gasteiger partial charge in [-0.05, 0) is 36.5 Å². The monoisotopic (exact) mass is 338 g/mol. The van der Waals surface area contributed by atoms with E-state index in [0.29, 0.717) is 17.4 Å². The summed E-state index contributed by atoms with van der Waals surface area (Å²) in [5, 5.41) is 7.29. The molecule has 1 N–H and O–H groups in total. The van der Waals surface area contributed by atoms with Gasteiger partial charge in [0.05, 0.1) is 5.69 Å². The molecular weight excluding hydrogens is 317 g/mol. The summed E-state index contributed by atoms with van der Waals surface area (Å²) in [6.07, 6.45) is -2.35. The van der Waals surface area contributed by atoms with E-state index in [9.17, 15) is 13.2 Å². The molecule has 1 aromatic heterocycles. The normalized spacial score (nSPS) is 15.6. The van der Waals surface area contributed by atoms with E-state index in [1.807, 2.05) is 18.2 Å². The first-order chi connectivity index (χ1) is 11.1. The lowest BCUT2D eigenvalue weighted by molar-refractivity contribution is -0.153. The Hall–Kier alpha value is -1.98. The molecule has 6 heteroatoms. The number of aromatic nitrogens is 2. The summed E-state index contributed by atoms with van der Waals surface area (Å²) in [5.74, 6) is 0.624. The zero-order valence-corrected chi connectivity index (χ0v) is 14.0. The van der Waals surface area contributed by atoms with Gasteiger partial charge in [-0.1, -0.05) is 32.9 Å². The number of rotatable bonds is 4. The maximum Gasteiger partial charge on any atom is 0.422 e. The molecule has 1 aromatic carbocycles. The summed E-state index contributed by atoms with van der Waals surface area (Å²) in [6, 6.07) is 7.36. The number of benzene rings is 1.